The zero-order chi connectivity index (χ0) is 24.2. The third-order valence-electron chi connectivity index (χ3n) is 7.23. The number of nitrogens with zero attached hydrogens (tertiary/aromatic N) is 4. The van der Waals surface area contributed by atoms with Gasteiger partial charge in [0.2, 0.25) is 0 Å². The summed E-state index contributed by atoms with van der Waals surface area (Å²) >= 11 is 0. The molecule has 5 rings (SSSR count). The second-order valence-corrected chi connectivity index (χ2v) is 9.43. The zero-order valence-corrected chi connectivity index (χ0v) is 20.0. The molecule has 2 saturated heterocycles. The summed E-state index contributed by atoms with van der Waals surface area (Å²) in [5.41, 5.74) is 5.00. The van der Waals surface area contributed by atoms with Gasteiger partial charge in [-0.2, -0.15) is 5.26 Å². The first-order valence-corrected chi connectivity index (χ1v) is 12.6. The number of nitriles is 1. The number of piperazine rings is 1. The minimum Gasteiger partial charge on any atom is -0.376 e. The monoisotopic (exact) mass is 473 g/mol. The average Bonchev–Trinajstić information content (AvgIpc) is 3.45. The number of nitrogens with one attached hydrogen (secondary N) is 1. The number of hydrogen-bond donors (Lipinski definition) is 1. The molecule has 3 aliphatic rings. The number of benzene rings is 1. The highest BCUT2D eigenvalue weighted by Crippen LogP contribution is 2.36. The largest absolute Gasteiger partial charge is 0.376 e. The van der Waals surface area contributed by atoms with E-state index in [1.165, 1.54) is 5.56 Å². The number of rotatable bonds is 4. The van der Waals surface area contributed by atoms with Crippen LogP contribution in [0.25, 0.3) is 11.3 Å². The van der Waals surface area contributed by atoms with E-state index in [2.05, 4.69) is 28.4 Å². The fraction of sp³-hybridized carbons (Fsp3) is 0.481. The van der Waals surface area contributed by atoms with Crippen LogP contribution in [0.2, 0.25) is 0 Å². The number of amides is 2. The topological polar surface area (TPSA) is 98.6 Å². The predicted octanol–water partition coefficient (Wildman–Crippen LogP) is 2.44. The third kappa shape index (κ3) is 4.87. The molecule has 0 saturated carbocycles. The normalized spacial score (nSPS) is 19.7. The van der Waals surface area contributed by atoms with Crippen molar-refractivity contribution in [3.05, 3.63) is 47.0 Å². The first kappa shape index (κ1) is 23.3. The molecule has 35 heavy (non-hydrogen) atoms. The first-order valence-electron chi connectivity index (χ1n) is 12.6. The van der Waals surface area contributed by atoms with E-state index in [1.54, 1.807) is 4.90 Å². The summed E-state index contributed by atoms with van der Waals surface area (Å²) in [5, 5.41) is 12.8. The number of carbonyl (C=O) groups is 2. The third-order valence-corrected chi connectivity index (χ3v) is 7.23. The number of ether oxygens (including phenoxy) is 1. The maximum absolute atomic E-state index is 12.7. The number of fused-ring (bicyclic) bond motifs is 1. The molecule has 0 spiro atoms. The van der Waals surface area contributed by atoms with E-state index in [4.69, 9.17) is 9.72 Å². The lowest BCUT2D eigenvalue weighted by molar-refractivity contribution is -0.146. The lowest BCUT2D eigenvalue weighted by Crippen LogP contribution is -2.53. The summed E-state index contributed by atoms with van der Waals surface area (Å²) in [4.78, 5) is 33.8. The molecule has 1 aromatic heterocycles. The van der Waals surface area contributed by atoms with Crippen LogP contribution < -0.4 is 10.2 Å². The summed E-state index contributed by atoms with van der Waals surface area (Å²) in [6.45, 7) is 2.97. The number of aromatic nitrogens is 1. The highest BCUT2D eigenvalue weighted by atomic mass is 16.5. The van der Waals surface area contributed by atoms with Crippen molar-refractivity contribution in [1.29, 1.82) is 5.26 Å². The fourth-order valence-corrected chi connectivity index (χ4v) is 5.34. The van der Waals surface area contributed by atoms with Gasteiger partial charge in [-0.1, -0.05) is 30.3 Å². The molecule has 3 heterocycles. The molecular formula is C27H31N5O3. The van der Waals surface area contributed by atoms with Crippen molar-refractivity contribution in [3.8, 4) is 17.3 Å². The fourth-order valence-electron chi connectivity index (χ4n) is 5.34. The Kier molecular flexibility index (Phi) is 6.96. The summed E-state index contributed by atoms with van der Waals surface area (Å²) < 4.78 is 5.51. The van der Waals surface area contributed by atoms with Crippen molar-refractivity contribution in [2.45, 2.75) is 44.6 Å². The van der Waals surface area contributed by atoms with Gasteiger partial charge in [0.05, 0.1) is 17.4 Å². The Morgan fingerprint density at radius 1 is 1.06 bits per heavy atom. The lowest BCUT2D eigenvalue weighted by Gasteiger charge is -2.36. The van der Waals surface area contributed by atoms with E-state index in [9.17, 15) is 14.9 Å². The van der Waals surface area contributed by atoms with E-state index in [-0.39, 0.29) is 6.10 Å². The van der Waals surface area contributed by atoms with Gasteiger partial charge in [0.25, 0.3) is 0 Å². The van der Waals surface area contributed by atoms with Crippen LogP contribution in [0, 0.1) is 11.3 Å². The minimum atomic E-state index is -0.579. The molecule has 8 nitrogen and oxygen atoms in total. The number of pyridine rings is 1. The Balaban J connectivity index is 1.32. The van der Waals surface area contributed by atoms with E-state index in [0.717, 1.165) is 55.3 Å². The van der Waals surface area contributed by atoms with Gasteiger partial charge < -0.3 is 19.9 Å². The van der Waals surface area contributed by atoms with Crippen LogP contribution in [-0.2, 0) is 27.2 Å². The van der Waals surface area contributed by atoms with Crippen molar-refractivity contribution in [1.82, 2.24) is 15.2 Å². The molecule has 1 unspecified atom stereocenters. The second kappa shape index (κ2) is 10.4. The molecule has 2 aliphatic heterocycles. The molecule has 1 aromatic carbocycles. The molecule has 1 aliphatic carbocycles. The van der Waals surface area contributed by atoms with E-state index in [0.29, 0.717) is 50.7 Å². The average molecular weight is 474 g/mol. The van der Waals surface area contributed by atoms with Crippen molar-refractivity contribution in [2.75, 3.05) is 44.2 Å². The van der Waals surface area contributed by atoms with Crippen LogP contribution in [0.5, 0.6) is 0 Å². The van der Waals surface area contributed by atoms with Gasteiger partial charge in [0.1, 0.15) is 11.9 Å². The summed E-state index contributed by atoms with van der Waals surface area (Å²) in [6, 6.07) is 12.6. The van der Waals surface area contributed by atoms with Crippen LogP contribution in [0.15, 0.2) is 30.3 Å². The van der Waals surface area contributed by atoms with Crippen molar-refractivity contribution < 1.29 is 14.3 Å². The van der Waals surface area contributed by atoms with Crippen molar-refractivity contribution >= 4 is 17.6 Å². The van der Waals surface area contributed by atoms with Gasteiger partial charge in [0.15, 0.2) is 0 Å². The molecular weight excluding hydrogens is 442 g/mol. The SMILES string of the molecule is N#Cc1c(N2CCN(C(=O)C(=O)NCC3CCCO3)CC2)nc(-c2ccccc2)c2c1CCCC2. The molecule has 1 N–H and O–H groups in total. The van der Waals surface area contributed by atoms with Gasteiger partial charge in [-0.3, -0.25) is 9.59 Å². The summed E-state index contributed by atoms with van der Waals surface area (Å²) in [7, 11) is 0. The van der Waals surface area contributed by atoms with Gasteiger partial charge in [-0.05, 0) is 49.7 Å². The van der Waals surface area contributed by atoms with Crippen LogP contribution in [0.1, 0.15) is 42.4 Å². The zero-order valence-electron chi connectivity index (χ0n) is 20.0. The quantitative estimate of drug-likeness (QED) is 0.685. The highest BCUT2D eigenvalue weighted by molar-refractivity contribution is 6.35. The van der Waals surface area contributed by atoms with Gasteiger partial charge in [-0.15, -0.1) is 0 Å². The Morgan fingerprint density at radius 3 is 2.49 bits per heavy atom. The van der Waals surface area contributed by atoms with Crippen LogP contribution in [-0.4, -0.2) is 67.1 Å². The number of carbonyl (C=O) groups excluding carboxylic acids is 2. The Hall–Kier alpha value is -3.44. The van der Waals surface area contributed by atoms with E-state index < -0.39 is 11.8 Å². The summed E-state index contributed by atoms with van der Waals surface area (Å²) in [6.07, 6.45) is 5.90. The standard InChI is InChI=1S/C27H31N5O3/c28-17-23-21-10-4-5-11-22(21)24(19-7-2-1-3-8-19)30-25(23)31-12-14-32(15-13-31)27(34)26(33)29-18-20-9-6-16-35-20/h1-3,7-8,20H,4-6,9-16,18H2,(H,29,33). The molecule has 1 atom stereocenters. The van der Waals surface area contributed by atoms with Crippen LogP contribution in [0.3, 0.4) is 0 Å². The van der Waals surface area contributed by atoms with Gasteiger partial charge >= 0.3 is 11.8 Å². The lowest BCUT2D eigenvalue weighted by atomic mass is 9.86. The second-order valence-electron chi connectivity index (χ2n) is 9.43. The minimum absolute atomic E-state index is 0.00175. The van der Waals surface area contributed by atoms with E-state index in [1.807, 2.05) is 18.2 Å². The van der Waals surface area contributed by atoms with Crippen LogP contribution in [0.4, 0.5) is 5.82 Å². The molecule has 2 fully saturated rings. The maximum atomic E-state index is 12.7. The molecule has 182 valence electrons. The number of anilines is 1. The van der Waals surface area contributed by atoms with E-state index >= 15 is 0 Å². The van der Waals surface area contributed by atoms with Crippen LogP contribution >= 0.6 is 0 Å². The molecule has 2 aromatic rings. The smallest absolute Gasteiger partial charge is 0.312 e. The summed E-state index contributed by atoms with van der Waals surface area (Å²) in [5.74, 6) is -0.390. The Labute approximate surface area is 205 Å². The van der Waals surface area contributed by atoms with Crippen molar-refractivity contribution in [2.24, 2.45) is 0 Å². The molecule has 0 bridgehead atoms. The Morgan fingerprint density at radius 2 is 1.80 bits per heavy atom. The Bertz CT molecular complexity index is 1130. The maximum Gasteiger partial charge on any atom is 0.312 e. The molecule has 0 radical (unpaired) electrons. The first-order chi connectivity index (χ1) is 17.2. The molecule has 2 amide bonds. The number of hydrogen-bond acceptors (Lipinski definition) is 6. The van der Waals surface area contributed by atoms with Gasteiger partial charge in [-0.25, -0.2) is 4.98 Å². The van der Waals surface area contributed by atoms with Crippen molar-refractivity contribution in [3.63, 3.8) is 0 Å². The highest BCUT2D eigenvalue weighted by Gasteiger charge is 2.30. The predicted molar refractivity (Wildman–Crippen MR) is 132 cm³/mol. The molecule has 8 heteroatoms. The van der Waals surface area contributed by atoms with Gasteiger partial charge in [0, 0.05) is 44.9 Å².